The minimum absolute atomic E-state index is 0.879. The third-order valence-corrected chi connectivity index (χ3v) is 2.73. The Morgan fingerprint density at radius 3 is 3.00 bits per heavy atom. The second kappa shape index (κ2) is 3.54. The quantitative estimate of drug-likeness (QED) is 0.588. The zero-order valence-corrected chi connectivity index (χ0v) is 9.36. The van der Waals surface area contributed by atoms with Crippen LogP contribution < -0.4 is 0 Å². The highest BCUT2D eigenvalue weighted by molar-refractivity contribution is 14.1. The lowest BCUT2D eigenvalue weighted by Gasteiger charge is -2.00. The van der Waals surface area contributed by atoms with Crippen LogP contribution in [0.15, 0.2) is 43.1 Å². The standard InChI is InChI=1S/C11H10IN/c1-2-6-13-7-5-9-8-10(12)3-4-11(9)13/h2-5,7-8H,1,6H2. The Hall–Kier alpha value is -0.770. The average Bonchev–Trinajstić information content (AvgIpc) is 2.49. The molecule has 13 heavy (non-hydrogen) atoms. The van der Waals surface area contributed by atoms with Gasteiger partial charge in [-0.2, -0.15) is 0 Å². The van der Waals surface area contributed by atoms with Gasteiger partial charge in [-0.15, -0.1) is 6.58 Å². The summed E-state index contributed by atoms with van der Waals surface area (Å²) in [6.45, 7) is 4.62. The maximum Gasteiger partial charge on any atom is 0.0483 e. The van der Waals surface area contributed by atoms with Gasteiger partial charge in [0, 0.05) is 27.2 Å². The minimum atomic E-state index is 0.879. The summed E-state index contributed by atoms with van der Waals surface area (Å²) in [5.41, 5.74) is 1.28. The van der Waals surface area contributed by atoms with Crippen molar-refractivity contribution in [2.75, 3.05) is 0 Å². The molecule has 2 rings (SSSR count). The van der Waals surface area contributed by atoms with Gasteiger partial charge in [-0.25, -0.2) is 0 Å². The van der Waals surface area contributed by atoms with Crippen molar-refractivity contribution < 1.29 is 0 Å². The van der Waals surface area contributed by atoms with E-state index in [4.69, 9.17) is 0 Å². The molecule has 1 aromatic carbocycles. The number of hydrogen-bond donors (Lipinski definition) is 0. The van der Waals surface area contributed by atoms with Crippen molar-refractivity contribution in [2.24, 2.45) is 0 Å². The van der Waals surface area contributed by atoms with Gasteiger partial charge in [-0.1, -0.05) is 6.08 Å². The van der Waals surface area contributed by atoms with E-state index in [0.717, 1.165) is 6.54 Å². The van der Waals surface area contributed by atoms with Crippen molar-refractivity contribution in [3.8, 4) is 0 Å². The molecule has 0 aliphatic carbocycles. The summed E-state index contributed by atoms with van der Waals surface area (Å²) >= 11 is 2.33. The minimum Gasteiger partial charge on any atom is -0.344 e. The van der Waals surface area contributed by atoms with Crippen LogP contribution in [-0.2, 0) is 6.54 Å². The van der Waals surface area contributed by atoms with Crippen molar-refractivity contribution in [1.82, 2.24) is 4.57 Å². The smallest absolute Gasteiger partial charge is 0.0483 e. The highest BCUT2D eigenvalue weighted by atomic mass is 127. The van der Waals surface area contributed by atoms with Crippen molar-refractivity contribution >= 4 is 33.5 Å². The van der Waals surface area contributed by atoms with Crippen molar-refractivity contribution in [3.63, 3.8) is 0 Å². The van der Waals surface area contributed by atoms with Crippen LogP contribution in [0.25, 0.3) is 10.9 Å². The second-order valence-corrected chi connectivity index (χ2v) is 4.21. The molecule has 66 valence electrons. The largest absolute Gasteiger partial charge is 0.344 e. The number of aromatic nitrogens is 1. The summed E-state index contributed by atoms with van der Waals surface area (Å²) in [6.07, 6.45) is 4.01. The number of hydrogen-bond acceptors (Lipinski definition) is 0. The molecule has 0 spiro atoms. The van der Waals surface area contributed by atoms with Gasteiger partial charge in [-0.3, -0.25) is 0 Å². The molecular weight excluding hydrogens is 273 g/mol. The first-order valence-corrected chi connectivity index (χ1v) is 5.24. The molecule has 0 fully saturated rings. The van der Waals surface area contributed by atoms with Gasteiger partial charge < -0.3 is 4.57 Å². The lowest BCUT2D eigenvalue weighted by atomic mass is 10.2. The molecule has 2 heteroatoms. The predicted octanol–water partition coefficient (Wildman–Crippen LogP) is 3.43. The Labute approximate surface area is 91.2 Å². The Morgan fingerprint density at radius 1 is 1.38 bits per heavy atom. The maximum absolute atomic E-state index is 3.74. The molecule has 0 radical (unpaired) electrons. The number of nitrogens with zero attached hydrogens (tertiary/aromatic N) is 1. The van der Waals surface area contributed by atoms with E-state index in [-0.39, 0.29) is 0 Å². The topological polar surface area (TPSA) is 4.93 Å². The van der Waals surface area contributed by atoms with Gasteiger partial charge in [0.05, 0.1) is 0 Å². The molecule has 0 aliphatic rings. The van der Waals surface area contributed by atoms with Gasteiger partial charge >= 0.3 is 0 Å². The molecule has 1 aromatic heterocycles. The Balaban J connectivity index is 2.61. The number of rotatable bonds is 2. The van der Waals surface area contributed by atoms with Gasteiger partial charge in [0.2, 0.25) is 0 Å². The van der Waals surface area contributed by atoms with E-state index in [2.05, 4.69) is 64.2 Å². The van der Waals surface area contributed by atoms with Gasteiger partial charge in [-0.05, 0) is 46.9 Å². The summed E-state index contributed by atoms with van der Waals surface area (Å²) in [5.74, 6) is 0. The number of halogens is 1. The van der Waals surface area contributed by atoms with E-state index < -0.39 is 0 Å². The van der Waals surface area contributed by atoms with Crippen LogP contribution in [0.2, 0.25) is 0 Å². The fourth-order valence-electron chi connectivity index (χ4n) is 1.47. The van der Waals surface area contributed by atoms with E-state index in [0.29, 0.717) is 0 Å². The molecule has 0 atom stereocenters. The predicted molar refractivity (Wildman–Crippen MR) is 64.9 cm³/mol. The normalized spacial score (nSPS) is 10.5. The van der Waals surface area contributed by atoms with Crippen LogP contribution in [0.1, 0.15) is 0 Å². The van der Waals surface area contributed by atoms with E-state index in [1.54, 1.807) is 0 Å². The van der Waals surface area contributed by atoms with Crippen LogP contribution in [0.3, 0.4) is 0 Å². The van der Waals surface area contributed by atoms with Crippen molar-refractivity contribution in [1.29, 1.82) is 0 Å². The van der Waals surface area contributed by atoms with Crippen LogP contribution in [0.4, 0.5) is 0 Å². The van der Waals surface area contributed by atoms with Crippen molar-refractivity contribution in [3.05, 3.63) is 46.7 Å². The first kappa shape index (κ1) is 8.81. The number of allylic oxidation sites excluding steroid dienone is 1. The molecule has 0 aliphatic heterocycles. The Kier molecular flexibility index (Phi) is 2.40. The Morgan fingerprint density at radius 2 is 2.23 bits per heavy atom. The molecule has 1 heterocycles. The molecule has 0 saturated carbocycles. The van der Waals surface area contributed by atoms with Gasteiger partial charge in [0.1, 0.15) is 0 Å². The van der Waals surface area contributed by atoms with Crippen LogP contribution in [0, 0.1) is 3.57 Å². The van der Waals surface area contributed by atoms with E-state index in [1.165, 1.54) is 14.5 Å². The maximum atomic E-state index is 3.74. The van der Waals surface area contributed by atoms with E-state index in [9.17, 15) is 0 Å². The lowest BCUT2D eigenvalue weighted by Crippen LogP contribution is -1.91. The van der Waals surface area contributed by atoms with Crippen molar-refractivity contribution in [2.45, 2.75) is 6.54 Å². The molecular formula is C11H10IN. The molecule has 0 amide bonds. The van der Waals surface area contributed by atoms with Gasteiger partial charge in [0.15, 0.2) is 0 Å². The fourth-order valence-corrected chi connectivity index (χ4v) is 1.98. The third-order valence-electron chi connectivity index (χ3n) is 2.06. The lowest BCUT2D eigenvalue weighted by molar-refractivity contribution is 0.865. The summed E-state index contributed by atoms with van der Waals surface area (Å²) in [6, 6.07) is 8.61. The third kappa shape index (κ3) is 1.63. The fraction of sp³-hybridized carbons (Fsp3) is 0.0909. The van der Waals surface area contributed by atoms with Gasteiger partial charge in [0.25, 0.3) is 0 Å². The van der Waals surface area contributed by atoms with E-state index >= 15 is 0 Å². The molecule has 0 unspecified atom stereocenters. The summed E-state index contributed by atoms with van der Waals surface area (Å²) in [4.78, 5) is 0. The molecule has 0 N–H and O–H groups in total. The van der Waals surface area contributed by atoms with Crippen LogP contribution >= 0.6 is 22.6 Å². The Bertz CT molecular complexity index is 442. The van der Waals surface area contributed by atoms with Crippen LogP contribution in [-0.4, -0.2) is 4.57 Å². The first-order chi connectivity index (χ1) is 6.31. The summed E-state index contributed by atoms with van der Waals surface area (Å²) in [7, 11) is 0. The summed E-state index contributed by atoms with van der Waals surface area (Å²) < 4.78 is 3.47. The zero-order chi connectivity index (χ0) is 9.26. The highest BCUT2D eigenvalue weighted by Gasteiger charge is 1.98. The monoisotopic (exact) mass is 283 g/mol. The number of benzene rings is 1. The molecule has 0 bridgehead atoms. The molecule has 1 nitrogen and oxygen atoms in total. The average molecular weight is 283 g/mol. The first-order valence-electron chi connectivity index (χ1n) is 4.16. The van der Waals surface area contributed by atoms with Crippen LogP contribution in [0.5, 0.6) is 0 Å². The van der Waals surface area contributed by atoms with E-state index in [1.807, 2.05) is 6.08 Å². The highest BCUT2D eigenvalue weighted by Crippen LogP contribution is 2.18. The SMILES string of the molecule is C=CCn1ccc2cc(I)ccc21. The zero-order valence-electron chi connectivity index (χ0n) is 7.20. The number of fused-ring (bicyclic) bond motifs is 1. The second-order valence-electron chi connectivity index (χ2n) is 2.96. The molecule has 0 saturated heterocycles. The molecule has 2 aromatic rings. The summed E-state index contributed by atoms with van der Waals surface area (Å²) in [5, 5.41) is 1.30.